The van der Waals surface area contributed by atoms with Crippen molar-refractivity contribution in [2.75, 3.05) is 13.2 Å². The fourth-order valence-electron chi connectivity index (χ4n) is 2.20. The normalized spacial score (nSPS) is 31.5. The van der Waals surface area contributed by atoms with E-state index >= 15 is 0 Å². The van der Waals surface area contributed by atoms with E-state index in [2.05, 4.69) is 0 Å². The van der Waals surface area contributed by atoms with Gasteiger partial charge in [-0.3, -0.25) is 4.79 Å². The number of carbonyl (C=O) groups is 1. The molecular formula is C13H24O6. The highest BCUT2D eigenvalue weighted by molar-refractivity contribution is 5.72. The molecule has 0 radical (unpaired) electrons. The molecule has 0 bridgehead atoms. The molecule has 1 fully saturated rings. The van der Waals surface area contributed by atoms with E-state index in [4.69, 9.17) is 14.6 Å². The second-order valence-electron chi connectivity index (χ2n) is 4.92. The third kappa shape index (κ3) is 4.42. The van der Waals surface area contributed by atoms with Crippen molar-refractivity contribution >= 4 is 5.97 Å². The molecule has 1 aliphatic heterocycles. The number of aliphatic hydroxyl groups is 3. The summed E-state index contributed by atoms with van der Waals surface area (Å²) < 4.78 is 10.5. The molecule has 3 N–H and O–H groups in total. The highest BCUT2D eigenvalue weighted by Gasteiger charge is 2.37. The molecule has 6 heteroatoms. The second kappa shape index (κ2) is 7.79. The van der Waals surface area contributed by atoms with Gasteiger partial charge in [-0.25, -0.2) is 0 Å². The van der Waals surface area contributed by atoms with Crippen LogP contribution in [-0.4, -0.2) is 58.9 Å². The van der Waals surface area contributed by atoms with E-state index in [9.17, 15) is 15.0 Å². The molecule has 0 saturated carbocycles. The fraction of sp³-hybridized carbons (Fsp3) is 0.923. The second-order valence-corrected chi connectivity index (χ2v) is 4.92. The lowest BCUT2D eigenvalue weighted by atomic mass is 9.98. The summed E-state index contributed by atoms with van der Waals surface area (Å²) in [5.41, 5.74) is 0. The van der Waals surface area contributed by atoms with Crippen molar-refractivity contribution in [3.05, 3.63) is 0 Å². The third-order valence-electron chi connectivity index (χ3n) is 3.56. The Labute approximate surface area is 113 Å². The molecular weight excluding hydrogens is 252 g/mol. The number of esters is 1. The van der Waals surface area contributed by atoms with Crippen molar-refractivity contribution < 1.29 is 29.6 Å². The van der Waals surface area contributed by atoms with E-state index in [1.165, 1.54) is 0 Å². The Morgan fingerprint density at radius 1 is 1.37 bits per heavy atom. The van der Waals surface area contributed by atoms with Crippen LogP contribution in [0.25, 0.3) is 0 Å². The minimum Gasteiger partial charge on any atom is -0.463 e. The smallest absolute Gasteiger partial charge is 0.309 e. The van der Waals surface area contributed by atoms with Crippen LogP contribution < -0.4 is 0 Å². The van der Waals surface area contributed by atoms with E-state index in [1.807, 2.05) is 13.8 Å². The monoisotopic (exact) mass is 276 g/mol. The highest BCUT2D eigenvalue weighted by Crippen LogP contribution is 2.21. The summed E-state index contributed by atoms with van der Waals surface area (Å²) in [6.45, 7) is 3.48. The standard InChI is InChI=1S/C13H24O6/c1-3-8(4-2)13(17)18-7-11-12(16)10(15)5-9(6-14)19-11/h8-12,14-16H,3-7H2,1-2H3. The van der Waals surface area contributed by atoms with E-state index in [1.54, 1.807) is 0 Å². The van der Waals surface area contributed by atoms with Gasteiger partial charge in [0.25, 0.3) is 0 Å². The van der Waals surface area contributed by atoms with Gasteiger partial charge in [0, 0.05) is 6.42 Å². The van der Waals surface area contributed by atoms with Crippen molar-refractivity contribution in [1.29, 1.82) is 0 Å². The molecule has 1 rings (SSSR count). The molecule has 0 aromatic carbocycles. The lowest BCUT2D eigenvalue weighted by Crippen LogP contribution is -2.51. The van der Waals surface area contributed by atoms with Gasteiger partial charge in [0.15, 0.2) is 0 Å². The lowest BCUT2D eigenvalue weighted by Gasteiger charge is -2.36. The summed E-state index contributed by atoms with van der Waals surface area (Å²) in [6.07, 6.45) is -1.82. The average molecular weight is 276 g/mol. The van der Waals surface area contributed by atoms with Gasteiger partial charge in [-0.05, 0) is 12.8 Å². The summed E-state index contributed by atoms with van der Waals surface area (Å²) in [6, 6.07) is 0. The lowest BCUT2D eigenvalue weighted by molar-refractivity contribution is -0.196. The molecule has 4 atom stereocenters. The average Bonchev–Trinajstić information content (AvgIpc) is 2.41. The van der Waals surface area contributed by atoms with E-state index < -0.39 is 24.4 Å². The maximum absolute atomic E-state index is 11.7. The van der Waals surface area contributed by atoms with Gasteiger partial charge >= 0.3 is 5.97 Å². The number of carbonyl (C=O) groups excluding carboxylic acids is 1. The van der Waals surface area contributed by atoms with Crippen LogP contribution in [0.1, 0.15) is 33.1 Å². The Bertz CT molecular complexity index is 278. The van der Waals surface area contributed by atoms with Crippen LogP contribution in [0.5, 0.6) is 0 Å². The number of aliphatic hydroxyl groups excluding tert-OH is 3. The van der Waals surface area contributed by atoms with Crippen LogP contribution in [0.3, 0.4) is 0 Å². The number of hydrogen-bond donors (Lipinski definition) is 3. The summed E-state index contributed by atoms with van der Waals surface area (Å²) in [4.78, 5) is 11.7. The summed E-state index contributed by atoms with van der Waals surface area (Å²) in [5, 5.41) is 28.4. The predicted octanol–water partition coefficient (Wildman–Crippen LogP) is -0.163. The SMILES string of the molecule is CCC(CC)C(=O)OCC1OC(CO)CC(O)C1O. The van der Waals surface area contributed by atoms with Crippen LogP contribution in [0, 0.1) is 5.92 Å². The topological polar surface area (TPSA) is 96.2 Å². The van der Waals surface area contributed by atoms with Crippen LogP contribution in [-0.2, 0) is 14.3 Å². The molecule has 0 aliphatic carbocycles. The molecule has 112 valence electrons. The van der Waals surface area contributed by atoms with E-state index in [0.717, 1.165) is 0 Å². The zero-order valence-electron chi connectivity index (χ0n) is 11.5. The van der Waals surface area contributed by atoms with Gasteiger partial charge in [-0.1, -0.05) is 13.8 Å². The Morgan fingerprint density at radius 3 is 2.53 bits per heavy atom. The van der Waals surface area contributed by atoms with Gasteiger partial charge in [0.2, 0.25) is 0 Å². The molecule has 6 nitrogen and oxygen atoms in total. The van der Waals surface area contributed by atoms with Crippen molar-refractivity contribution in [2.24, 2.45) is 5.92 Å². The fourth-order valence-corrected chi connectivity index (χ4v) is 2.20. The van der Waals surface area contributed by atoms with Gasteiger partial charge < -0.3 is 24.8 Å². The first kappa shape index (κ1) is 16.4. The maximum atomic E-state index is 11.7. The number of ether oxygens (including phenoxy) is 2. The molecule has 1 saturated heterocycles. The first-order chi connectivity index (χ1) is 9.03. The first-order valence-corrected chi connectivity index (χ1v) is 6.82. The van der Waals surface area contributed by atoms with E-state index in [0.29, 0.717) is 12.8 Å². The first-order valence-electron chi connectivity index (χ1n) is 6.82. The molecule has 19 heavy (non-hydrogen) atoms. The Morgan fingerprint density at radius 2 is 2.00 bits per heavy atom. The Balaban J connectivity index is 2.48. The van der Waals surface area contributed by atoms with Crippen molar-refractivity contribution in [1.82, 2.24) is 0 Å². The van der Waals surface area contributed by atoms with Crippen LogP contribution in [0.15, 0.2) is 0 Å². The molecule has 4 unspecified atom stereocenters. The summed E-state index contributed by atoms with van der Waals surface area (Å²) in [5.74, 6) is -0.472. The van der Waals surface area contributed by atoms with Crippen molar-refractivity contribution in [2.45, 2.75) is 57.5 Å². The van der Waals surface area contributed by atoms with Crippen molar-refractivity contribution in [3.63, 3.8) is 0 Å². The Kier molecular flexibility index (Phi) is 6.71. The quantitative estimate of drug-likeness (QED) is 0.583. The minimum absolute atomic E-state index is 0.107. The molecule has 1 heterocycles. The summed E-state index contributed by atoms with van der Waals surface area (Å²) >= 11 is 0. The van der Waals surface area contributed by atoms with Gasteiger partial charge in [0.1, 0.15) is 18.8 Å². The zero-order valence-corrected chi connectivity index (χ0v) is 11.5. The largest absolute Gasteiger partial charge is 0.463 e. The minimum atomic E-state index is -1.10. The van der Waals surface area contributed by atoms with Crippen LogP contribution in [0.2, 0.25) is 0 Å². The third-order valence-corrected chi connectivity index (χ3v) is 3.56. The maximum Gasteiger partial charge on any atom is 0.309 e. The zero-order chi connectivity index (χ0) is 14.4. The molecule has 0 aromatic rings. The van der Waals surface area contributed by atoms with Crippen molar-refractivity contribution in [3.8, 4) is 0 Å². The van der Waals surface area contributed by atoms with E-state index in [-0.39, 0.29) is 31.5 Å². The number of rotatable bonds is 6. The van der Waals surface area contributed by atoms with Crippen LogP contribution >= 0.6 is 0 Å². The molecule has 0 amide bonds. The predicted molar refractivity (Wildman–Crippen MR) is 67.4 cm³/mol. The van der Waals surface area contributed by atoms with Gasteiger partial charge in [-0.15, -0.1) is 0 Å². The Hall–Kier alpha value is -0.690. The highest BCUT2D eigenvalue weighted by atomic mass is 16.6. The number of hydrogen-bond acceptors (Lipinski definition) is 6. The summed E-state index contributed by atoms with van der Waals surface area (Å²) in [7, 11) is 0. The van der Waals surface area contributed by atoms with Crippen LogP contribution in [0.4, 0.5) is 0 Å². The van der Waals surface area contributed by atoms with Gasteiger partial charge in [0.05, 0.1) is 24.7 Å². The molecule has 0 aromatic heterocycles. The molecule has 0 spiro atoms. The molecule has 1 aliphatic rings. The van der Waals surface area contributed by atoms with Gasteiger partial charge in [-0.2, -0.15) is 0 Å².